The Morgan fingerprint density at radius 1 is 0.582 bits per heavy atom. The first-order valence-electron chi connectivity index (χ1n) is 17.9. The van der Waals surface area contributed by atoms with Crippen LogP contribution >= 0.6 is 0 Å². The predicted molar refractivity (Wildman–Crippen MR) is 221 cm³/mol. The van der Waals surface area contributed by atoms with Gasteiger partial charge in [-0.2, -0.15) is 0 Å². The molecule has 4 aromatic carbocycles. The van der Waals surface area contributed by atoms with Gasteiger partial charge in [0.1, 0.15) is 0 Å². The van der Waals surface area contributed by atoms with Gasteiger partial charge >= 0.3 is 20.1 Å². The summed E-state index contributed by atoms with van der Waals surface area (Å²) >= 11 is 0. The van der Waals surface area contributed by atoms with Crippen LogP contribution in [-0.2, 0) is 30.9 Å². The van der Waals surface area contributed by atoms with E-state index in [0.717, 1.165) is 76.5 Å². The number of hydrogen-bond donors (Lipinski definition) is 0. The van der Waals surface area contributed by atoms with E-state index < -0.39 is 10.8 Å². The molecule has 55 heavy (non-hydrogen) atoms. The van der Waals surface area contributed by atoms with Gasteiger partial charge in [0.2, 0.25) is 0 Å². The summed E-state index contributed by atoms with van der Waals surface area (Å²) in [6.07, 6.45) is 5.65. The van der Waals surface area contributed by atoms with E-state index in [0.29, 0.717) is 0 Å². The molecule has 0 saturated carbocycles. The van der Waals surface area contributed by atoms with Crippen LogP contribution in [-0.4, -0.2) is 24.1 Å². The van der Waals surface area contributed by atoms with Crippen molar-refractivity contribution in [1.29, 1.82) is 0 Å². The summed E-state index contributed by atoms with van der Waals surface area (Å²) in [6.45, 7) is 16.5. The Kier molecular flexibility index (Phi) is 12.0. The Bertz CT molecular complexity index is 2610. The first-order chi connectivity index (χ1) is 26.0. The summed E-state index contributed by atoms with van der Waals surface area (Å²) in [6, 6.07) is 37.9. The van der Waals surface area contributed by atoms with Crippen molar-refractivity contribution in [3.63, 3.8) is 0 Å². The quantitative estimate of drug-likeness (QED) is 0.128. The molecule has 5 heterocycles. The number of pyridine rings is 4. The van der Waals surface area contributed by atoms with Gasteiger partial charge in [-0.3, -0.25) is 9.19 Å². The number of aromatic nitrogens is 4. The van der Waals surface area contributed by atoms with E-state index >= 15 is 0 Å². The molecule has 4 aromatic heterocycles. The molecule has 0 bridgehead atoms. The first-order valence-corrected chi connectivity index (χ1v) is 19.1. The zero-order valence-electron chi connectivity index (χ0n) is 32.3. The average molecular weight is 914 g/mol. The summed E-state index contributed by atoms with van der Waals surface area (Å²) in [4.78, 5) is 19.6. The normalized spacial score (nSPS) is 12.5. The predicted octanol–water partition coefficient (Wildman–Crippen LogP) is 11.3. The fourth-order valence-corrected chi connectivity index (χ4v) is 7.86. The molecule has 0 fully saturated rings. The Morgan fingerprint density at radius 3 is 1.73 bits per heavy atom. The summed E-state index contributed by atoms with van der Waals surface area (Å²) in [5, 5.41) is 4.25. The Balaban J connectivity index is 0.000000146. The van der Waals surface area contributed by atoms with Crippen LogP contribution in [0.15, 0.2) is 113 Å². The largest absolute Gasteiger partial charge is 3.00 e. The van der Waals surface area contributed by atoms with Crippen LogP contribution < -0.4 is 0 Å². The minimum absolute atomic E-state index is 0. The van der Waals surface area contributed by atoms with Crippen molar-refractivity contribution in [1.82, 2.24) is 19.9 Å². The van der Waals surface area contributed by atoms with E-state index in [2.05, 4.69) is 122 Å². The molecule has 274 valence electrons. The van der Waals surface area contributed by atoms with Crippen LogP contribution in [0.2, 0.25) is 0 Å². The van der Waals surface area contributed by atoms with Crippen LogP contribution in [0.3, 0.4) is 0 Å². The third kappa shape index (κ3) is 8.25. The Labute approximate surface area is 340 Å². The van der Waals surface area contributed by atoms with Gasteiger partial charge in [0, 0.05) is 51.1 Å². The average Bonchev–Trinajstić information content (AvgIpc) is 3.17. The van der Waals surface area contributed by atoms with E-state index in [1.54, 1.807) is 0 Å². The maximum atomic E-state index is 13.2. The van der Waals surface area contributed by atoms with Crippen molar-refractivity contribution in [2.24, 2.45) is 0 Å². The fourth-order valence-electron chi connectivity index (χ4n) is 6.46. The van der Waals surface area contributed by atoms with Gasteiger partial charge in [-0.15, -0.1) is 101 Å². The maximum Gasteiger partial charge on any atom is 3.00 e. The summed E-state index contributed by atoms with van der Waals surface area (Å²) in [5.74, 6) is 0. The summed E-state index contributed by atoms with van der Waals surface area (Å²) < 4.78 is 13.2. The topological polar surface area (TPSA) is 68.6 Å². The smallest absolute Gasteiger partial charge is 0.304 e. The third-order valence-corrected chi connectivity index (χ3v) is 11.3. The maximum absolute atomic E-state index is 13.2. The molecular formula is C48H41IrN4OS. The number of fused-ring (bicyclic) bond motifs is 4. The molecule has 5 nitrogen and oxygen atoms in total. The monoisotopic (exact) mass is 914 g/mol. The molecule has 0 N–H and O–H groups in total. The number of rotatable bonds is 2. The molecule has 7 heteroatoms. The molecule has 0 amide bonds. The van der Waals surface area contributed by atoms with E-state index in [-0.39, 0.29) is 20.1 Å². The van der Waals surface area contributed by atoms with Crippen LogP contribution in [0.5, 0.6) is 0 Å². The number of benzene rings is 4. The molecule has 0 aliphatic carbocycles. The van der Waals surface area contributed by atoms with Crippen LogP contribution in [0.1, 0.15) is 44.8 Å². The summed E-state index contributed by atoms with van der Waals surface area (Å²) in [7, 11) is -1.23. The first kappa shape index (κ1) is 39.5. The van der Waals surface area contributed by atoms with E-state index in [1.807, 2.05) is 74.9 Å². The second-order valence-electron chi connectivity index (χ2n) is 13.9. The molecule has 0 radical (unpaired) electrons. The molecule has 1 atom stereocenters. The van der Waals surface area contributed by atoms with Crippen molar-refractivity contribution < 1.29 is 24.3 Å². The molecule has 0 spiro atoms. The standard InChI is InChI=1S/C20H13N2OS.2C14H14N.Ir/c1-11-9-16-13-7-8-21-20-14-5-3-4-6-17(14)24(23)18(19(13)20)10-15(16)12(2)22-11;2*1-10-4-6-13(7-5-10)14-8-11(2)12(3)9-15-14;/h3-4,6-10H,1-2H3;2*4-6,8-9H,1-3H3;/q3*-1;+3. The molecule has 0 saturated heterocycles. The zero-order chi connectivity index (χ0) is 38.1. The van der Waals surface area contributed by atoms with Gasteiger partial charge in [-0.25, -0.2) is 0 Å². The van der Waals surface area contributed by atoms with Crippen molar-refractivity contribution in [3.8, 4) is 33.8 Å². The number of hydrogen-bond acceptors (Lipinski definition) is 5. The number of nitrogens with zero attached hydrogens (tertiary/aromatic N) is 4. The van der Waals surface area contributed by atoms with Crippen molar-refractivity contribution >= 4 is 32.3 Å². The Morgan fingerprint density at radius 2 is 1.18 bits per heavy atom. The van der Waals surface area contributed by atoms with Crippen molar-refractivity contribution in [3.05, 3.63) is 166 Å². The van der Waals surface area contributed by atoms with E-state index in [9.17, 15) is 4.21 Å². The second-order valence-corrected chi connectivity index (χ2v) is 15.4. The van der Waals surface area contributed by atoms with Crippen molar-refractivity contribution in [2.45, 2.75) is 65.2 Å². The van der Waals surface area contributed by atoms with Gasteiger partial charge in [-0.05, 0) is 109 Å². The SMILES string of the molecule is Cc1c[c-]c(-c2cc(C)c(C)cn2)cc1.Cc1c[c-]c(-c2cc(C)c(C)cn2)cc1.Cc1cc2c(cc3c4c(nccc42)-c2[c-]cccc2S3=O)c(C)n1.[Ir+3]. The Hall–Kier alpha value is -5.20. The summed E-state index contributed by atoms with van der Waals surface area (Å²) in [5.41, 5.74) is 15.2. The molecule has 1 aliphatic rings. The van der Waals surface area contributed by atoms with E-state index in [1.165, 1.54) is 33.4 Å². The van der Waals surface area contributed by atoms with Crippen molar-refractivity contribution in [2.75, 3.05) is 0 Å². The molecular weight excluding hydrogens is 873 g/mol. The van der Waals surface area contributed by atoms with Gasteiger partial charge in [0.15, 0.2) is 0 Å². The van der Waals surface area contributed by atoms with Gasteiger partial charge in [0.25, 0.3) is 0 Å². The van der Waals surface area contributed by atoms with Gasteiger partial charge in [-0.1, -0.05) is 37.1 Å². The van der Waals surface area contributed by atoms with Gasteiger partial charge < -0.3 is 15.0 Å². The third-order valence-electron chi connectivity index (χ3n) is 9.83. The zero-order valence-corrected chi connectivity index (χ0v) is 35.5. The van der Waals surface area contributed by atoms with Crippen LogP contribution in [0.25, 0.3) is 55.3 Å². The van der Waals surface area contributed by atoms with Crippen LogP contribution in [0.4, 0.5) is 0 Å². The molecule has 1 aliphatic heterocycles. The number of aryl methyl sites for hydroxylation is 8. The second kappa shape index (κ2) is 16.7. The molecule has 8 aromatic rings. The van der Waals surface area contributed by atoms with Crippen LogP contribution in [0, 0.1) is 73.6 Å². The molecule has 1 unspecified atom stereocenters. The van der Waals surface area contributed by atoms with Gasteiger partial charge in [0.05, 0.1) is 0 Å². The minimum atomic E-state index is -1.23. The minimum Gasteiger partial charge on any atom is -0.304 e. The molecule has 9 rings (SSSR count). The van der Waals surface area contributed by atoms with E-state index in [4.69, 9.17) is 0 Å². The fraction of sp³-hybridized carbons (Fsp3) is 0.167.